The van der Waals surface area contributed by atoms with Gasteiger partial charge in [-0.15, -0.1) is 0 Å². The van der Waals surface area contributed by atoms with Crippen molar-refractivity contribution in [1.82, 2.24) is 4.98 Å². The van der Waals surface area contributed by atoms with Crippen molar-refractivity contribution in [1.29, 1.82) is 0 Å². The minimum absolute atomic E-state index is 0.152. The molecule has 31 heavy (non-hydrogen) atoms. The van der Waals surface area contributed by atoms with Crippen LogP contribution in [0.5, 0.6) is 5.75 Å². The van der Waals surface area contributed by atoms with Crippen LogP contribution >= 0.6 is 0 Å². The van der Waals surface area contributed by atoms with Crippen LogP contribution in [0, 0.1) is 0 Å². The van der Waals surface area contributed by atoms with Gasteiger partial charge in [0, 0.05) is 17.7 Å². The van der Waals surface area contributed by atoms with Crippen LogP contribution < -0.4 is 10.1 Å². The highest BCUT2D eigenvalue weighted by molar-refractivity contribution is 6.04. The van der Waals surface area contributed by atoms with Gasteiger partial charge in [0.25, 0.3) is 5.91 Å². The Kier molecular flexibility index (Phi) is 6.32. The zero-order valence-corrected chi connectivity index (χ0v) is 17.9. The molecule has 1 heterocycles. The third-order valence-corrected chi connectivity index (χ3v) is 5.06. The molecule has 0 aliphatic rings. The highest BCUT2D eigenvalue weighted by atomic mass is 16.5. The molecule has 4 rings (SSSR count). The SMILES string of the molecule is CCCOc1ccc(C(=O)Nc2ccc(Cc3nc4cc(CC)ccc4o3)cc2)cc1. The summed E-state index contributed by atoms with van der Waals surface area (Å²) in [4.78, 5) is 17.1. The van der Waals surface area contributed by atoms with Crippen LogP contribution in [0.4, 0.5) is 5.69 Å². The van der Waals surface area contributed by atoms with Gasteiger partial charge in [-0.2, -0.15) is 0 Å². The Morgan fingerprint density at radius 1 is 0.968 bits per heavy atom. The molecule has 0 spiro atoms. The summed E-state index contributed by atoms with van der Waals surface area (Å²) in [5.74, 6) is 1.30. The van der Waals surface area contributed by atoms with Crippen LogP contribution in [0.15, 0.2) is 71.1 Å². The highest BCUT2D eigenvalue weighted by Crippen LogP contribution is 2.21. The van der Waals surface area contributed by atoms with Gasteiger partial charge >= 0.3 is 0 Å². The number of hydrogen-bond donors (Lipinski definition) is 1. The number of oxazole rings is 1. The van der Waals surface area contributed by atoms with E-state index in [9.17, 15) is 4.79 Å². The van der Waals surface area contributed by atoms with E-state index in [4.69, 9.17) is 9.15 Å². The summed E-state index contributed by atoms with van der Waals surface area (Å²) in [6.07, 6.45) is 2.52. The number of rotatable bonds is 8. The van der Waals surface area contributed by atoms with Crippen molar-refractivity contribution in [2.75, 3.05) is 11.9 Å². The summed E-state index contributed by atoms with van der Waals surface area (Å²) in [5, 5.41) is 2.93. The zero-order chi connectivity index (χ0) is 21.6. The number of carbonyl (C=O) groups is 1. The number of amides is 1. The van der Waals surface area contributed by atoms with E-state index >= 15 is 0 Å². The maximum Gasteiger partial charge on any atom is 0.255 e. The van der Waals surface area contributed by atoms with Crippen molar-refractivity contribution in [3.8, 4) is 5.75 Å². The van der Waals surface area contributed by atoms with E-state index in [0.717, 1.165) is 40.9 Å². The molecule has 3 aromatic carbocycles. The molecule has 0 aliphatic carbocycles. The molecule has 0 atom stereocenters. The third kappa shape index (κ3) is 5.12. The molecule has 0 saturated heterocycles. The maximum atomic E-state index is 12.5. The van der Waals surface area contributed by atoms with E-state index < -0.39 is 0 Å². The monoisotopic (exact) mass is 414 g/mol. The lowest BCUT2D eigenvalue weighted by Crippen LogP contribution is -2.11. The number of nitrogens with one attached hydrogen (secondary N) is 1. The molecule has 158 valence electrons. The highest BCUT2D eigenvalue weighted by Gasteiger charge is 2.09. The Bertz CT molecular complexity index is 1160. The molecular formula is C26H26N2O3. The van der Waals surface area contributed by atoms with Crippen molar-refractivity contribution in [2.24, 2.45) is 0 Å². The fourth-order valence-corrected chi connectivity index (χ4v) is 3.32. The number of fused-ring (bicyclic) bond motifs is 1. The Morgan fingerprint density at radius 3 is 2.42 bits per heavy atom. The molecule has 5 heteroatoms. The predicted molar refractivity (Wildman–Crippen MR) is 123 cm³/mol. The molecule has 1 N–H and O–H groups in total. The van der Waals surface area contributed by atoms with Crippen LogP contribution in [0.3, 0.4) is 0 Å². The number of anilines is 1. The predicted octanol–water partition coefficient (Wildman–Crippen LogP) is 6.02. The Labute approximate surface area is 182 Å². The summed E-state index contributed by atoms with van der Waals surface area (Å²) in [6.45, 7) is 4.85. The lowest BCUT2D eigenvalue weighted by atomic mass is 10.1. The van der Waals surface area contributed by atoms with Crippen molar-refractivity contribution < 1.29 is 13.9 Å². The molecule has 0 fully saturated rings. The first-order valence-electron chi connectivity index (χ1n) is 10.7. The number of benzene rings is 3. The second-order valence-corrected chi connectivity index (χ2v) is 7.46. The Hall–Kier alpha value is -3.60. The number of aryl methyl sites for hydroxylation is 1. The number of aromatic nitrogens is 1. The quantitative estimate of drug-likeness (QED) is 0.383. The van der Waals surface area contributed by atoms with Crippen molar-refractivity contribution in [3.63, 3.8) is 0 Å². The van der Waals surface area contributed by atoms with Crippen molar-refractivity contribution in [2.45, 2.75) is 33.1 Å². The second kappa shape index (κ2) is 9.47. The third-order valence-electron chi connectivity index (χ3n) is 5.06. The zero-order valence-electron chi connectivity index (χ0n) is 17.9. The summed E-state index contributed by atoms with van der Waals surface area (Å²) >= 11 is 0. The fourth-order valence-electron chi connectivity index (χ4n) is 3.32. The second-order valence-electron chi connectivity index (χ2n) is 7.46. The number of carbonyl (C=O) groups excluding carboxylic acids is 1. The summed E-state index contributed by atoms with van der Waals surface area (Å²) in [6, 6.07) is 21.0. The van der Waals surface area contributed by atoms with E-state index in [1.807, 2.05) is 42.5 Å². The van der Waals surface area contributed by atoms with E-state index in [1.165, 1.54) is 5.56 Å². The van der Waals surface area contributed by atoms with Gasteiger partial charge in [0.15, 0.2) is 11.5 Å². The minimum atomic E-state index is -0.152. The number of ether oxygens (including phenoxy) is 1. The molecule has 1 aromatic heterocycles. The Morgan fingerprint density at radius 2 is 1.71 bits per heavy atom. The van der Waals surface area contributed by atoms with Crippen molar-refractivity contribution >= 4 is 22.7 Å². The molecule has 0 saturated carbocycles. The largest absolute Gasteiger partial charge is 0.494 e. The van der Waals surface area contributed by atoms with Gasteiger partial charge in [-0.25, -0.2) is 4.98 Å². The average Bonchev–Trinajstić information content (AvgIpc) is 3.20. The van der Waals surface area contributed by atoms with Gasteiger partial charge in [-0.1, -0.05) is 32.0 Å². The molecule has 0 bridgehead atoms. The van der Waals surface area contributed by atoms with Crippen LogP contribution in [-0.2, 0) is 12.8 Å². The van der Waals surface area contributed by atoms with Crippen LogP contribution in [0.2, 0.25) is 0 Å². The summed E-state index contributed by atoms with van der Waals surface area (Å²) in [5.41, 5.74) is 5.34. The summed E-state index contributed by atoms with van der Waals surface area (Å²) in [7, 11) is 0. The molecule has 0 aliphatic heterocycles. The lowest BCUT2D eigenvalue weighted by molar-refractivity contribution is 0.102. The van der Waals surface area contributed by atoms with Gasteiger partial charge < -0.3 is 14.5 Å². The first-order valence-corrected chi connectivity index (χ1v) is 10.7. The van der Waals surface area contributed by atoms with Crippen LogP contribution in [0.1, 0.15) is 47.6 Å². The number of hydrogen-bond acceptors (Lipinski definition) is 4. The lowest BCUT2D eigenvalue weighted by Gasteiger charge is -2.08. The van der Waals surface area contributed by atoms with E-state index in [-0.39, 0.29) is 5.91 Å². The molecule has 0 radical (unpaired) electrons. The first-order chi connectivity index (χ1) is 15.1. The Balaban J connectivity index is 1.38. The standard InChI is InChI=1S/C26H26N2O3/c1-3-15-30-22-12-8-20(9-13-22)26(29)27-21-10-5-19(6-11-21)17-25-28-23-16-18(4-2)7-14-24(23)31-25/h5-14,16H,3-4,15,17H2,1-2H3,(H,27,29). The smallest absolute Gasteiger partial charge is 0.255 e. The van der Waals surface area contributed by atoms with Gasteiger partial charge in [-0.05, 0) is 72.5 Å². The normalized spacial score (nSPS) is 10.9. The van der Waals surface area contributed by atoms with E-state index in [0.29, 0.717) is 24.5 Å². The van der Waals surface area contributed by atoms with Crippen LogP contribution in [0.25, 0.3) is 11.1 Å². The molecule has 0 unspecified atom stereocenters. The molecular weight excluding hydrogens is 388 g/mol. The molecule has 1 amide bonds. The summed E-state index contributed by atoms with van der Waals surface area (Å²) < 4.78 is 11.4. The van der Waals surface area contributed by atoms with E-state index in [1.54, 1.807) is 12.1 Å². The molecule has 5 nitrogen and oxygen atoms in total. The van der Waals surface area contributed by atoms with E-state index in [2.05, 4.69) is 36.3 Å². The van der Waals surface area contributed by atoms with Crippen molar-refractivity contribution in [3.05, 3.63) is 89.3 Å². The minimum Gasteiger partial charge on any atom is -0.494 e. The topological polar surface area (TPSA) is 64.4 Å². The maximum absolute atomic E-state index is 12.5. The van der Waals surface area contributed by atoms with Gasteiger partial charge in [-0.3, -0.25) is 4.79 Å². The van der Waals surface area contributed by atoms with Gasteiger partial charge in [0.2, 0.25) is 0 Å². The van der Waals surface area contributed by atoms with Gasteiger partial charge in [0.1, 0.15) is 11.3 Å². The van der Waals surface area contributed by atoms with Crippen LogP contribution in [-0.4, -0.2) is 17.5 Å². The average molecular weight is 415 g/mol. The molecule has 4 aromatic rings. The van der Waals surface area contributed by atoms with Gasteiger partial charge in [0.05, 0.1) is 6.61 Å². The fraction of sp³-hybridized carbons (Fsp3) is 0.231. The number of nitrogens with zero attached hydrogens (tertiary/aromatic N) is 1. The first kappa shape index (κ1) is 20.7.